The highest BCUT2D eigenvalue weighted by atomic mass is 35.5. The maximum Gasteiger partial charge on any atom is 0.160 e. The van der Waals surface area contributed by atoms with E-state index in [1.165, 1.54) is 0 Å². The molecule has 6 heteroatoms. The number of amidine groups is 2. The van der Waals surface area contributed by atoms with Crippen molar-refractivity contribution in [3.63, 3.8) is 0 Å². The third kappa shape index (κ3) is 2.94. The zero-order valence-electron chi connectivity index (χ0n) is 14.0. The van der Waals surface area contributed by atoms with Crippen molar-refractivity contribution in [2.24, 2.45) is 15.7 Å². The molecule has 1 atom stereocenters. The second-order valence-electron chi connectivity index (χ2n) is 6.29. The quantitative estimate of drug-likeness (QED) is 0.859. The zero-order chi connectivity index (χ0) is 17.4. The number of aromatic nitrogens is 1. The molecule has 1 saturated heterocycles. The van der Waals surface area contributed by atoms with Crippen molar-refractivity contribution < 1.29 is 4.74 Å². The maximum absolute atomic E-state index is 6.50. The van der Waals surface area contributed by atoms with Crippen LogP contribution in [-0.2, 0) is 4.74 Å². The van der Waals surface area contributed by atoms with E-state index in [4.69, 9.17) is 22.1 Å². The Morgan fingerprint density at radius 1 is 1.28 bits per heavy atom. The number of ether oxygens (including phenoxy) is 1. The van der Waals surface area contributed by atoms with E-state index in [1.807, 2.05) is 37.3 Å². The van der Waals surface area contributed by atoms with Crippen molar-refractivity contribution in [1.29, 1.82) is 0 Å². The van der Waals surface area contributed by atoms with Crippen LogP contribution in [0.1, 0.15) is 29.5 Å². The highest BCUT2D eigenvalue weighted by Crippen LogP contribution is 2.33. The SMILES string of the molecule is Cc1c(-c2ccccc2)nc(Cl)c2c1C(N)=NC2=NC[C@@H]1CCCO1. The standard InChI is InChI=1S/C19H19ClN4O/c1-11-14-15(17(20)23-16(11)12-6-3-2-4-7-12)19(24-18(14)21)22-10-13-8-5-9-25-13/h2-4,6-7,13H,5,8-10H2,1H3,(H2,21,22,24)/t13-/m0/s1. The van der Waals surface area contributed by atoms with E-state index in [2.05, 4.69) is 15.0 Å². The average molecular weight is 355 g/mol. The van der Waals surface area contributed by atoms with Crippen LogP contribution in [0.5, 0.6) is 0 Å². The molecule has 1 aromatic carbocycles. The van der Waals surface area contributed by atoms with Crippen LogP contribution in [0.15, 0.2) is 40.3 Å². The van der Waals surface area contributed by atoms with Gasteiger partial charge in [0.25, 0.3) is 0 Å². The fraction of sp³-hybridized carbons (Fsp3) is 0.316. The van der Waals surface area contributed by atoms with Gasteiger partial charge in [-0.15, -0.1) is 0 Å². The van der Waals surface area contributed by atoms with Crippen LogP contribution in [-0.4, -0.2) is 35.9 Å². The number of nitrogens with zero attached hydrogens (tertiary/aromatic N) is 3. The predicted octanol–water partition coefficient (Wildman–Crippen LogP) is 3.35. The maximum atomic E-state index is 6.50. The Kier molecular flexibility index (Phi) is 4.27. The van der Waals surface area contributed by atoms with Gasteiger partial charge in [0.1, 0.15) is 11.0 Å². The van der Waals surface area contributed by atoms with E-state index < -0.39 is 0 Å². The lowest BCUT2D eigenvalue weighted by Gasteiger charge is -2.12. The molecule has 0 aliphatic carbocycles. The molecule has 0 saturated carbocycles. The van der Waals surface area contributed by atoms with Crippen LogP contribution in [0, 0.1) is 6.92 Å². The van der Waals surface area contributed by atoms with E-state index in [9.17, 15) is 0 Å². The van der Waals surface area contributed by atoms with Gasteiger partial charge in [-0.05, 0) is 25.3 Å². The number of halogens is 1. The minimum Gasteiger partial charge on any atom is -0.383 e. The number of pyridine rings is 1. The summed E-state index contributed by atoms with van der Waals surface area (Å²) in [5.41, 5.74) is 10.5. The van der Waals surface area contributed by atoms with Gasteiger partial charge in [-0.1, -0.05) is 41.9 Å². The van der Waals surface area contributed by atoms with Crippen molar-refractivity contribution in [3.05, 3.63) is 52.2 Å². The number of fused-ring (bicyclic) bond motifs is 1. The minimum absolute atomic E-state index is 0.157. The van der Waals surface area contributed by atoms with Gasteiger partial charge in [0.15, 0.2) is 5.84 Å². The van der Waals surface area contributed by atoms with Crippen LogP contribution in [0.2, 0.25) is 5.15 Å². The second kappa shape index (κ2) is 6.58. The Hall–Kier alpha value is -2.24. The van der Waals surface area contributed by atoms with E-state index in [1.54, 1.807) is 0 Å². The van der Waals surface area contributed by atoms with Crippen molar-refractivity contribution >= 4 is 23.3 Å². The Morgan fingerprint density at radius 2 is 2.08 bits per heavy atom. The second-order valence-corrected chi connectivity index (χ2v) is 6.65. The Labute approximate surface area is 151 Å². The zero-order valence-corrected chi connectivity index (χ0v) is 14.8. The largest absolute Gasteiger partial charge is 0.383 e. The fourth-order valence-corrected chi connectivity index (χ4v) is 3.63. The molecule has 0 radical (unpaired) electrons. The lowest BCUT2D eigenvalue weighted by atomic mass is 9.99. The summed E-state index contributed by atoms with van der Waals surface area (Å²) in [6.45, 7) is 3.37. The Bertz CT molecular complexity index is 871. The monoisotopic (exact) mass is 354 g/mol. The van der Waals surface area contributed by atoms with Gasteiger partial charge >= 0.3 is 0 Å². The summed E-state index contributed by atoms with van der Waals surface area (Å²) >= 11 is 6.50. The molecule has 2 aliphatic heterocycles. The molecule has 0 amide bonds. The Morgan fingerprint density at radius 3 is 2.80 bits per heavy atom. The first kappa shape index (κ1) is 16.2. The third-order valence-electron chi connectivity index (χ3n) is 4.62. The molecule has 5 nitrogen and oxygen atoms in total. The van der Waals surface area contributed by atoms with E-state index >= 15 is 0 Å². The molecule has 128 valence electrons. The van der Waals surface area contributed by atoms with E-state index in [0.29, 0.717) is 23.4 Å². The molecule has 0 spiro atoms. The summed E-state index contributed by atoms with van der Waals surface area (Å²) in [6, 6.07) is 9.94. The number of hydrogen-bond acceptors (Lipinski definition) is 4. The molecule has 2 aliphatic rings. The van der Waals surface area contributed by atoms with Crippen LogP contribution >= 0.6 is 11.6 Å². The lowest BCUT2D eigenvalue weighted by Crippen LogP contribution is -2.14. The van der Waals surface area contributed by atoms with Gasteiger partial charge in [-0.3, -0.25) is 4.99 Å². The smallest absolute Gasteiger partial charge is 0.160 e. The molecule has 2 N–H and O–H groups in total. The molecule has 1 aromatic heterocycles. The molecule has 2 aromatic rings. The fourth-order valence-electron chi connectivity index (χ4n) is 3.37. The molecular weight excluding hydrogens is 336 g/mol. The van der Waals surface area contributed by atoms with Crippen LogP contribution in [0.25, 0.3) is 11.3 Å². The molecular formula is C19H19ClN4O. The molecule has 1 fully saturated rings. The van der Waals surface area contributed by atoms with Crippen LogP contribution < -0.4 is 5.73 Å². The molecule has 0 bridgehead atoms. The molecule has 0 unspecified atom stereocenters. The first-order chi connectivity index (χ1) is 12.1. The van der Waals surface area contributed by atoms with Gasteiger partial charge in [0.05, 0.1) is 23.9 Å². The van der Waals surface area contributed by atoms with Crippen LogP contribution in [0.4, 0.5) is 0 Å². The highest BCUT2D eigenvalue weighted by molar-refractivity contribution is 6.36. The third-order valence-corrected chi connectivity index (χ3v) is 4.89. The first-order valence-electron chi connectivity index (χ1n) is 8.41. The van der Waals surface area contributed by atoms with Crippen molar-refractivity contribution in [3.8, 4) is 11.3 Å². The van der Waals surface area contributed by atoms with Crippen molar-refractivity contribution in [2.45, 2.75) is 25.9 Å². The van der Waals surface area contributed by atoms with Gasteiger partial charge in [0.2, 0.25) is 0 Å². The number of rotatable bonds is 3. The summed E-state index contributed by atoms with van der Waals surface area (Å²) in [4.78, 5) is 13.6. The molecule has 25 heavy (non-hydrogen) atoms. The number of benzene rings is 1. The number of nitrogens with two attached hydrogens (primary N) is 1. The van der Waals surface area contributed by atoms with Crippen LogP contribution in [0.3, 0.4) is 0 Å². The number of hydrogen-bond donors (Lipinski definition) is 1. The van der Waals surface area contributed by atoms with Gasteiger partial charge in [-0.2, -0.15) is 0 Å². The van der Waals surface area contributed by atoms with E-state index in [0.717, 1.165) is 47.4 Å². The van der Waals surface area contributed by atoms with Crippen molar-refractivity contribution in [2.75, 3.05) is 13.2 Å². The van der Waals surface area contributed by atoms with Gasteiger partial charge in [0, 0.05) is 17.7 Å². The summed E-state index contributed by atoms with van der Waals surface area (Å²) in [7, 11) is 0. The summed E-state index contributed by atoms with van der Waals surface area (Å²) < 4.78 is 5.62. The molecule has 3 heterocycles. The lowest BCUT2D eigenvalue weighted by molar-refractivity contribution is 0.118. The summed E-state index contributed by atoms with van der Waals surface area (Å²) in [6.07, 6.45) is 2.27. The highest BCUT2D eigenvalue weighted by Gasteiger charge is 2.28. The predicted molar refractivity (Wildman–Crippen MR) is 101 cm³/mol. The van der Waals surface area contributed by atoms with Crippen molar-refractivity contribution in [1.82, 2.24) is 4.98 Å². The van der Waals surface area contributed by atoms with Gasteiger partial charge < -0.3 is 10.5 Å². The van der Waals surface area contributed by atoms with Gasteiger partial charge in [-0.25, -0.2) is 9.98 Å². The topological polar surface area (TPSA) is 72.9 Å². The Balaban J connectivity index is 1.76. The van der Waals surface area contributed by atoms with E-state index in [-0.39, 0.29) is 6.10 Å². The minimum atomic E-state index is 0.157. The molecule has 4 rings (SSSR count). The first-order valence-corrected chi connectivity index (χ1v) is 8.79. The number of aliphatic imine (C=N–C) groups is 2. The summed E-state index contributed by atoms with van der Waals surface area (Å²) in [5, 5.41) is 0.384. The normalized spacial score (nSPS) is 20.8. The summed E-state index contributed by atoms with van der Waals surface area (Å²) in [5.74, 6) is 1.00. The average Bonchev–Trinajstić information content (AvgIpc) is 3.25.